The molecule has 1 atom stereocenters. The molecule has 2 N–H and O–H groups in total. The van der Waals surface area contributed by atoms with E-state index in [1.54, 1.807) is 0 Å². The number of aryl methyl sites for hydroxylation is 1. The van der Waals surface area contributed by atoms with Gasteiger partial charge in [0.2, 0.25) is 0 Å². The van der Waals surface area contributed by atoms with Crippen LogP contribution in [-0.4, -0.2) is 20.9 Å². The van der Waals surface area contributed by atoms with Crippen molar-refractivity contribution in [3.8, 4) is 0 Å². The molecular weight excluding hydrogens is 316 g/mol. The van der Waals surface area contributed by atoms with Crippen molar-refractivity contribution < 1.29 is 0 Å². The van der Waals surface area contributed by atoms with E-state index < -0.39 is 0 Å². The lowest BCUT2D eigenvalue weighted by Gasteiger charge is -2.13. The van der Waals surface area contributed by atoms with E-state index in [9.17, 15) is 0 Å². The number of thiocarbonyl (C=S) groups is 1. The van der Waals surface area contributed by atoms with Crippen molar-refractivity contribution in [3.05, 3.63) is 46.6 Å². The standard InChI is InChI=1S/C16H21ClN4S/c1-4-11(2)18-16(22)19-15-8-12(3)21(20-15)10-13-6-5-7-14(17)9-13/h5-9,11H,4,10H2,1-3H3,(H2,18,19,20,22). The van der Waals surface area contributed by atoms with Crippen LogP contribution < -0.4 is 10.6 Å². The second-order valence-electron chi connectivity index (χ2n) is 5.37. The molecular formula is C16H21ClN4S. The predicted molar refractivity (Wildman–Crippen MR) is 96.6 cm³/mol. The summed E-state index contributed by atoms with van der Waals surface area (Å²) in [6.07, 6.45) is 1.02. The molecule has 6 heteroatoms. The summed E-state index contributed by atoms with van der Waals surface area (Å²) in [6.45, 7) is 6.91. The maximum atomic E-state index is 6.02. The molecule has 1 aromatic carbocycles. The number of nitrogens with zero attached hydrogens (tertiary/aromatic N) is 2. The van der Waals surface area contributed by atoms with Gasteiger partial charge in [-0.1, -0.05) is 30.7 Å². The van der Waals surface area contributed by atoms with E-state index in [4.69, 9.17) is 23.8 Å². The predicted octanol–water partition coefficient (Wildman–Crippen LogP) is 3.98. The summed E-state index contributed by atoms with van der Waals surface area (Å²) in [6, 6.07) is 10.1. The minimum atomic E-state index is 0.342. The Morgan fingerprint density at radius 2 is 2.18 bits per heavy atom. The normalized spacial score (nSPS) is 12.0. The highest BCUT2D eigenvalue weighted by Crippen LogP contribution is 2.14. The first-order chi connectivity index (χ1) is 10.5. The van der Waals surface area contributed by atoms with Gasteiger partial charge in [0.05, 0.1) is 6.54 Å². The average Bonchev–Trinajstić information content (AvgIpc) is 2.78. The van der Waals surface area contributed by atoms with Gasteiger partial charge in [0.15, 0.2) is 10.9 Å². The summed E-state index contributed by atoms with van der Waals surface area (Å²) in [5.41, 5.74) is 2.18. The zero-order valence-corrected chi connectivity index (χ0v) is 14.6. The van der Waals surface area contributed by atoms with Crippen LogP contribution in [0.5, 0.6) is 0 Å². The van der Waals surface area contributed by atoms with Crippen molar-refractivity contribution in [1.82, 2.24) is 15.1 Å². The molecule has 1 heterocycles. The van der Waals surface area contributed by atoms with Crippen molar-refractivity contribution in [1.29, 1.82) is 0 Å². The van der Waals surface area contributed by atoms with Gasteiger partial charge in [-0.05, 0) is 50.2 Å². The molecule has 0 aliphatic carbocycles. The number of hydrogen-bond acceptors (Lipinski definition) is 2. The van der Waals surface area contributed by atoms with Gasteiger partial charge in [0.25, 0.3) is 0 Å². The van der Waals surface area contributed by atoms with Crippen LogP contribution >= 0.6 is 23.8 Å². The Bertz CT molecular complexity index is 653. The fourth-order valence-corrected chi connectivity index (χ4v) is 2.54. The zero-order valence-electron chi connectivity index (χ0n) is 13.1. The summed E-state index contributed by atoms with van der Waals surface area (Å²) >= 11 is 11.3. The van der Waals surface area contributed by atoms with Crippen LogP contribution in [0, 0.1) is 6.92 Å². The number of halogens is 1. The van der Waals surface area contributed by atoms with E-state index in [2.05, 4.69) is 29.6 Å². The SMILES string of the molecule is CCC(C)NC(=S)Nc1cc(C)n(Cc2cccc(Cl)c2)n1. The van der Waals surface area contributed by atoms with Crippen LogP contribution in [0.25, 0.3) is 0 Å². The zero-order chi connectivity index (χ0) is 16.1. The van der Waals surface area contributed by atoms with Crippen molar-refractivity contribution in [2.75, 3.05) is 5.32 Å². The molecule has 0 fully saturated rings. The van der Waals surface area contributed by atoms with Crippen molar-refractivity contribution >= 4 is 34.7 Å². The summed E-state index contributed by atoms with van der Waals surface area (Å²) in [4.78, 5) is 0. The third kappa shape index (κ3) is 4.71. The highest BCUT2D eigenvalue weighted by atomic mass is 35.5. The number of aromatic nitrogens is 2. The number of nitrogens with one attached hydrogen (secondary N) is 2. The fraction of sp³-hybridized carbons (Fsp3) is 0.375. The second kappa shape index (κ2) is 7.61. The van der Waals surface area contributed by atoms with Crippen LogP contribution in [0.15, 0.2) is 30.3 Å². The molecule has 0 aliphatic heterocycles. The van der Waals surface area contributed by atoms with Crippen LogP contribution in [-0.2, 0) is 6.54 Å². The number of hydrogen-bond donors (Lipinski definition) is 2. The first-order valence-corrected chi connectivity index (χ1v) is 8.13. The molecule has 0 bridgehead atoms. The van der Waals surface area contributed by atoms with Crippen LogP contribution in [0.1, 0.15) is 31.5 Å². The molecule has 0 saturated carbocycles. The van der Waals surface area contributed by atoms with E-state index in [0.717, 1.165) is 28.5 Å². The highest BCUT2D eigenvalue weighted by Gasteiger charge is 2.08. The topological polar surface area (TPSA) is 41.9 Å². The summed E-state index contributed by atoms with van der Waals surface area (Å²) in [5, 5.41) is 12.2. The molecule has 2 aromatic rings. The van der Waals surface area contributed by atoms with Gasteiger partial charge in [0, 0.05) is 22.8 Å². The van der Waals surface area contributed by atoms with E-state index in [1.165, 1.54) is 0 Å². The van der Waals surface area contributed by atoms with Crippen LogP contribution in [0.3, 0.4) is 0 Å². The smallest absolute Gasteiger partial charge is 0.172 e. The van der Waals surface area contributed by atoms with E-state index in [1.807, 2.05) is 41.9 Å². The first kappa shape index (κ1) is 16.8. The molecule has 0 amide bonds. The van der Waals surface area contributed by atoms with Gasteiger partial charge in [-0.3, -0.25) is 4.68 Å². The Hall–Kier alpha value is -1.59. The van der Waals surface area contributed by atoms with Gasteiger partial charge in [-0.15, -0.1) is 0 Å². The molecule has 22 heavy (non-hydrogen) atoms. The lowest BCUT2D eigenvalue weighted by Crippen LogP contribution is -2.35. The monoisotopic (exact) mass is 336 g/mol. The molecule has 0 saturated heterocycles. The first-order valence-electron chi connectivity index (χ1n) is 7.34. The Balaban J connectivity index is 2.03. The van der Waals surface area contributed by atoms with Gasteiger partial charge >= 0.3 is 0 Å². The fourth-order valence-electron chi connectivity index (χ4n) is 2.02. The Kier molecular flexibility index (Phi) is 5.80. The maximum Gasteiger partial charge on any atom is 0.172 e. The molecule has 0 radical (unpaired) electrons. The number of benzene rings is 1. The van der Waals surface area contributed by atoms with Crippen LogP contribution in [0.4, 0.5) is 5.82 Å². The molecule has 2 rings (SSSR count). The lowest BCUT2D eigenvalue weighted by molar-refractivity contribution is 0.644. The number of anilines is 1. The van der Waals surface area contributed by atoms with Gasteiger partial charge in [0.1, 0.15) is 0 Å². The summed E-state index contributed by atoms with van der Waals surface area (Å²) in [5.74, 6) is 0.750. The third-order valence-corrected chi connectivity index (χ3v) is 3.89. The summed E-state index contributed by atoms with van der Waals surface area (Å²) < 4.78 is 1.93. The van der Waals surface area contributed by atoms with Gasteiger partial charge in [-0.25, -0.2) is 0 Å². The van der Waals surface area contributed by atoms with Gasteiger partial charge < -0.3 is 10.6 Å². The van der Waals surface area contributed by atoms with E-state index >= 15 is 0 Å². The molecule has 4 nitrogen and oxygen atoms in total. The maximum absolute atomic E-state index is 6.02. The van der Waals surface area contributed by atoms with E-state index in [0.29, 0.717) is 17.7 Å². The Labute approximate surface area is 141 Å². The molecule has 0 spiro atoms. The van der Waals surface area contributed by atoms with Crippen molar-refractivity contribution in [3.63, 3.8) is 0 Å². The number of rotatable bonds is 5. The van der Waals surface area contributed by atoms with Gasteiger partial charge in [-0.2, -0.15) is 5.10 Å². The summed E-state index contributed by atoms with van der Waals surface area (Å²) in [7, 11) is 0. The molecule has 0 aliphatic rings. The quantitative estimate of drug-likeness (QED) is 0.810. The van der Waals surface area contributed by atoms with Crippen molar-refractivity contribution in [2.24, 2.45) is 0 Å². The minimum Gasteiger partial charge on any atom is -0.360 e. The van der Waals surface area contributed by atoms with Crippen LogP contribution in [0.2, 0.25) is 5.02 Å². The third-order valence-electron chi connectivity index (χ3n) is 3.43. The molecule has 118 valence electrons. The lowest BCUT2D eigenvalue weighted by atomic mass is 10.2. The highest BCUT2D eigenvalue weighted by molar-refractivity contribution is 7.80. The largest absolute Gasteiger partial charge is 0.360 e. The molecule has 1 aromatic heterocycles. The Morgan fingerprint density at radius 1 is 1.41 bits per heavy atom. The van der Waals surface area contributed by atoms with E-state index in [-0.39, 0.29) is 0 Å². The second-order valence-corrected chi connectivity index (χ2v) is 6.21. The minimum absolute atomic E-state index is 0.342. The van der Waals surface area contributed by atoms with Crippen molar-refractivity contribution in [2.45, 2.75) is 39.8 Å². The molecule has 1 unspecified atom stereocenters. The Morgan fingerprint density at radius 3 is 2.86 bits per heavy atom. The average molecular weight is 337 g/mol.